The van der Waals surface area contributed by atoms with Crippen LogP contribution < -0.4 is 26.4 Å². The Labute approximate surface area is 176 Å². The third-order valence-corrected chi connectivity index (χ3v) is 4.50. The first-order chi connectivity index (χ1) is 14.4. The molecule has 0 aromatic heterocycles. The summed E-state index contributed by atoms with van der Waals surface area (Å²) in [6.45, 7) is 3.12. The smallest absolute Gasteiger partial charge is 0.251 e. The minimum absolute atomic E-state index is 0.181. The van der Waals surface area contributed by atoms with Crippen molar-refractivity contribution < 1.29 is 14.3 Å². The lowest BCUT2D eigenvalue weighted by Gasteiger charge is -2.13. The molecule has 8 heteroatoms. The molecule has 0 radical (unpaired) electrons. The summed E-state index contributed by atoms with van der Waals surface area (Å²) in [6, 6.07) is 13.3. The first-order valence-electron chi connectivity index (χ1n) is 9.66. The summed E-state index contributed by atoms with van der Waals surface area (Å²) >= 11 is 0. The lowest BCUT2D eigenvalue weighted by molar-refractivity contribution is -0.117. The highest BCUT2D eigenvalue weighted by Crippen LogP contribution is 2.19. The van der Waals surface area contributed by atoms with E-state index in [1.807, 2.05) is 25.1 Å². The number of hydrogen-bond acceptors (Lipinski definition) is 4. The van der Waals surface area contributed by atoms with Crippen molar-refractivity contribution in [2.45, 2.75) is 19.9 Å². The molecule has 2 rings (SSSR count). The van der Waals surface area contributed by atoms with Gasteiger partial charge in [0.15, 0.2) is 5.96 Å². The van der Waals surface area contributed by atoms with Crippen LogP contribution in [-0.4, -0.2) is 45.0 Å². The molecule has 0 atom stereocenters. The van der Waals surface area contributed by atoms with Crippen molar-refractivity contribution in [1.29, 1.82) is 0 Å². The van der Waals surface area contributed by atoms with Gasteiger partial charge in [-0.2, -0.15) is 0 Å². The van der Waals surface area contributed by atoms with Crippen LogP contribution in [0.25, 0.3) is 0 Å². The Balaban J connectivity index is 1.80. The van der Waals surface area contributed by atoms with Crippen molar-refractivity contribution in [3.05, 3.63) is 64.7 Å². The summed E-state index contributed by atoms with van der Waals surface area (Å²) in [4.78, 5) is 26.9. The van der Waals surface area contributed by atoms with Crippen LogP contribution in [0, 0.1) is 6.92 Å². The zero-order valence-electron chi connectivity index (χ0n) is 17.6. The minimum atomic E-state index is -0.579. The second-order valence-electron chi connectivity index (χ2n) is 6.75. The molecule has 0 aliphatic carbocycles. The average molecular weight is 412 g/mol. The summed E-state index contributed by atoms with van der Waals surface area (Å²) in [7, 11) is 3.40. The number of carbonyl (C=O) groups excluding carboxylic acids is 2. The molecule has 0 bridgehead atoms. The fraction of sp³-hybridized carbons (Fsp3) is 0.318. The number of hydrogen-bond donors (Lipinski definition) is 4. The Bertz CT molecular complexity index is 894. The van der Waals surface area contributed by atoms with Gasteiger partial charge < -0.3 is 26.4 Å². The molecule has 160 valence electrons. The zero-order valence-corrected chi connectivity index (χ0v) is 17.6. The molecular weight excluding hydrogens is 382 g/mol. The topological polar surface area (TPSA) is 118 Å². The summed E-state index contributed by atoms with van der Waals surface area (Å²) in [6.07, 6.45) is 0.840. The van der Waals surface area contributed by atoms with Gasteiger partial charge in [0, 0.05) is 25.7 Å². The number of methoxy groups -OCH3 is 1. The molecule has 0 spiro atoms. The zero-order chi connectivity index (χ0) is 21.9. The predicted molar refractivity (Wildman–Crippen MR) is 118 cm³/mol. The fourth-order valence-corrected chi connectivity index (χ4v) is 2.79. The van der Waals surface area contributed by atoms with E-state index < -0.39 is 5.91 Å². The van der Waals surface area contributed by atoms with Gasteiger partial charge in [-0.05, 0) is 48.2 Å². The van der Waals surface area contributed by atoms with Gasteiger partial charge in [0.2, 0.25) is 5.91 Å². The lowest BCUT2D eigenvalue weighted by Crippen LogP contribution is -2.37. The number of nitrogens with two attached hydrogens (primary N) is 1. The molecule has 30 heavy (non-hydrogen) atoms. The Morgan fingerprint density at radius 1 is 1.03 bits per heavy atom. The molecule has 2 amide bonds. The van der Waals surface area contributed by atoms with Crippen LogP contribution in [0.1, 0.15) is 27.0 Å². The fourth-order valence-electron chi connectivity index (χ4n) is 2.79. The highest BCUT2D eigenvalue weighted by molar-refractivity contribution is 5.96. The monoisotopic (exact) mass is 411 g/mol. The van der Waals surface area contributed by atoms with Crippen molar-refractivity contribution in [3.63, 3.8) is 0 Å². The molecular formula is C22H29N5O3. The lowest BCUT2D eigenvalue weighted by atomic mass is 10.1. The molecule has 0 aliphatic rings. The molecule has 0 unspecified atom stereocenters. The van der Waals surface area contributed by atoms with Crippen LogP contribution in [0.3, 0.4) is 0 Å². The number of aryl methyl sites for hydroxylation is 1. The number of benzene rings is 2. The van der Waals surface area contributed by atoms with Gasteiger partial charge in [0.1, 0.15) is 5.75 Å². The van der Waals surface area contributed by atoms with Crippen LogP contribution in [0.2, 0.25) is 0 Å². The van der Waals surface area contributed by atoms with Crippen molar-refractivity contribution >= 4 is 17.8 Å². The van der Waals surface area contributed by atoms with Gasteiger partial charge in [-0.15, -0.1) is 0 Å². The minimum Gasteiger partial charge on any atom is -0.496 e. The molecule has 0 saturated carbocycles. The van der Waals surface area contributed by atoms with Gasteiger partial charge in [-0.3, -0.25) is 14.6 Å². The number of nitrogens with zero attached hydrogens (tertiary/aromatic N) is 1. The van der Waals surface area contributed by atoms with Crippen LogP contribution in [0.5, 0.6) is 5.75 Å². The SMILES string of the molecule is CN=C(NCCc1ccc(C)c(OC)c1)NCc1ccc(C(=O)NCC(N)=O)cc1. The first-order valence-corrected chi connectivity index (χ1v) is 9.66. The standard InChI is InChI=1S/C22H29N5O3/c1-15-4-5-16(12-19(15)30-3)10-11-25-22(24-2)27-13-17-6-8-18(9-7-17)21(29)26-14-20(23)28/h4-9,12H,10-11,13-14H2,1-3H3,(H2,23,28)(H,26,29)(H2,24,25,27). The first kappa shape index (κ1) is 22.7. The number of ether oxygens (including phenoxy) is 1. The summed E-state index contributed by atoms with van der Waals surface area (Å²) in [5.74, 6) is 0.669. The van der Waals surface area contributed by atoms with E-state index in [9.17, 15) is 9.59 Å². The molecule has 2 aromatic rings. The van der Waals surface area contributed by atoms with Gasteiger partial charge in [-0.25, -0.2) is 0 Å². The molecule has 8 nitrogen and oxygen atoms in total. The highest BCUT2D eigenvalue weighted by atomic mass is 16.5. The second-order valence-corrected chi connectivity index (χ2v) is 6.75. The molecule has 0 fully saturated rings. The number of primary amides is 1. The van der Waals surface area contributed by atoms with Gasteiger partial charge in [0.25, 0.3) is 5.91 Å². The predicted octanol–water partition coefficient (Wildman–Crippen LogP) is 1.13. The van der Waals surface area contributed by atoms with E-state index in [1.165, 1.54) is 5.56 Å². The maximum absolute atomic E-state index is 11.9. The van der Waals surface area contributed by atoms with Crippen molar-refractivity contribution in [1.82, 2.24) is 16.0 Å². The Morgan fingerprint density at radius 2 is 1.73 bits per heavy atom. The number of nitrogens with one attached hydrogen (secondary N) is 3. The van der Waals surface area contributed by atoms with E-state index in [0.29, 0.717) is 18.1 Å². The second kappa shape index (κ2) is 11.5. The molecule has 0 aliphatic heterocycles. The maximum Gasteiger partial charge on any atom is 0.251 e. The average Bonchev–Trinajstić information content (AvgIpc) is 2.75. The van der Waals surface area contributed by atoms with E-state index in [4.69, 9.17) is 10.5 Å². The van der Waals surface area contributed by atoms with Crippen LogP contribution >= 0.6 is 0 Å². The van der Waals surface area contributed by atoms with Crippen molar-refractivity contribution in [2.75, 3.05) is 27.2 Å². The number of amides is 2. The highest BCUT2D eigenvalue weighted by Gasteiger charge is 2.07. The number of guanidine groups is 1. The van der Waals surface area contributed by atoms with Crippen molar-refractivity contribution in [3.8, 4) is 5.75 Å². The Kier molecular flexibility index (Phi) is 8.68. The number of rotatable bonds is 9. The number of aliphatic imine (C=N–C) groups is 1. The van der Waals surface area contributed by atoms with E-state index in [-0.39, 0.29) is 12.5 Å². The van der Waals surface area contributed by atoms with Crippen LogP contribution in [0.15, 0.2) is 47.5 Å². The normalized spacial score (nSPS) is 11.0. The van der Waals surface area contributed by atoms with Crippen LogP contribution in [-0.2, 0) is 17.8 Å². The van der Waals surface area contributed by atoms with E-state index in [1.54, 1.807) is 26.3 Å². The van der Waals surface area contributed by atoms with Gasteiger partial charge >= 0.3 is 0 Å². The van der Waals surface area contributed by atoms with Gasteiger partial charge in [0.05, 0.1) is 13.7 Å². The molecule has 5 N–H and O–H groups in total. The molecule has 2 aromatic carbocycles. The summed E-state index contributed by atoms with van der Waals surface area (Å²) in [5.41, 5.74) is 8.79. The third-order valence-electron chi connectivity index (χ3n) is 4.50. The largest absolute Gasteiger partial charge is 0.496 e. The summed E-state index contributed by atoms with van der Waals surface area (Å²) < 4.78 is 5.37. The third kappa shape index (κ3) is 7.12. The van der Waals surface area contributed by atoms with Crippen molar-refractivity contribution in [2.24, 2.45) is 10.7 Å². The maximum atomic E-state index is 11.9. The van der Waals surface area contributed by atoms with E-state index in [2.05, 4.69) is 33.1 Å². The molecule has 0 saturated heterocycles. The van der Waals surface area contributed by atoms with E-state index >= 15 is 0 Å². The number of carbonyl (C=O) groups is 2. The molecule has 0 heterocycles. The summed E-state index contributed by atoms with van der Waals surface area (Å²) in [5, 5.41) is 8.99. The van der Waals surface area contributed by atoms with E-state index in [0.717, 1.165) is 29.8 Å². The quantitative estimate of drug-likeness (QED) is 0.364. The van der Waals surface area contributed by atoms with Gasteiger partial charge in [-0.1, -0.05) is 24.3 Å². The van der Waals surface area contributed by atoms with Crippen LogP contribution in [0.4, 0.5) is 0 Å². The Morgan fingerprint density at radius 3 is 2.37 bits per heavy atom. The Hall–Kier alpha value is -3.55.